The predicted octanol–water partition coefficient (Wildman–Crippen LogP) is 1.25. The summed E-state index contributed by atoms with van der Waals surface area (Å²) >= 11 is 0. The van der Waals surface area contributed by atoms with Crippen LogP contribution in [0.15, 0.2) is 29.2 Å². The Hall–Kier alpha value is -1.40. The quantitative estimate of drug-likeness (QED) is 0.765. The summed E-state index contributed by atoms with van der Waals surface area (Å²) in [6.45, 7) is 3.67. The molecule has 0 radical (unpaired) electrons. The van der Waals surface area contributed by atoms with Crippen LogP contribution in [0, 0.1) is 0 Å². The first-order valence-corrected chi connectivity index (χ1v) is 8.00. The maximum Gasteiger partial charge on any atom is 0.251 e. The summed E-state index contributed by atoms with van der Waals surface area (Å²) in [7, 11) is -3.29. The SMILES string of the molecule is CCOCCCNC(=O)c1cccc(S(C)(=O)=O)c1. The first kappa shape index (κ1) is 15.7. The molecule has 0 atom stereocenters. The van der Waals surface area contributed by atoms with Crippen LogP contribution in [-0.4, -0.2) is 40.3 Å². The number of sulfone groups is 1. The predicted molar refractivity (Wildman–Crippen MR) is 73.0 cm³/mol. The summed E-state index contributed by atoms with van der Waals surface area (Å²) in [5, 5.41) is 2.72. The van der Waals surface area contributed by atoms with Crippen molar-refractivity contribution in [3.05, 3.63) is 29.8 Å². The molecule has 19 heavy (non-hydrogen) atoms. The normalized spacial score (nSPS) is 11.3. The lowest BCUT2D eigenvalue weighted by atomic mass is 10.2. The molecule has 0 unspecified atom stereocenters. The summed E-state index contributed by atoms with van der Waals surface area (Å²) in [6.07, 6.45) is 1.84. The fourth-order valence-corrected chi connectivity index (χ4v) is 2.16. The van der Waals surface area contributed by atoms with Gasteiger partial charge in [-0.1, -0.05) is 6.07 Å². The summed E-state index contributed by atoms with van der Waals surface area (Å²) in [5.41, 5.74) is 0.347. The number of hydrogen-bond acceptors (Lipinski definition) is 4. The molecule has 0 aromatic heterocycles. The van der Waals surface area contributed by atoms with Gasteiger partial charge in [0.05, 0.1) is 4.90 Å². The van der Waals surface area contributed by atoms with Gasteiger partial charge in [0.25, 0.3) is 5.91 Å². The summed E-state index contributed by atoms with van der Waals surface area (Å²) < 4.78 is 27.9. The molecule has 0 spiro atoms. The van der Waals surface area contributed by atoms with Gasteiger partial charge in [0.1, 0.15) is 0 Å². The van der Waals surface area contributed by atoms with E-state index >= 15 is 0 Å². The molecule has 1 aromatic rings. The average molecular weight is 285 g/mol. The first-order chi connectivity index (χ1) is 8.95. The van der Waals surface area contributed by atoms with Gasteiger partial charge < -0.3 is 10.1 Å². The molecule has 0 aliphatic rings. The van der Waals surface area contributed by atoms with Gasteiger partial charge in [0.15, 0.2) is 9.84 Å². The summed E-state index contributed by atoms with van der Waals surface area (Å²) in [4.78, 5) is 12.0. The Morgan fingerprint density at radius 2 is 2.11 bits per heavy atom. The van der Waals surface area contributed by atoms with E-state index in [-0.39, 0.29) is 10.8 Å². The topological polar surface area (TPSA) is 72.5 Å². The number of benzene rings is 1. The Kier molecular flexibility index (Phi) is 5.98. The second-order valence-electron chi connectivity index (χ2n) is 4.11. The maximum absolute atomic E-state index is 11.8. The zero-order valence-electron chi connectivity index (χ0n) is 11.2. The van der Waals surface area contributed by atoms with E-state index in [0.717, 1.165) is 12.7 Å². The van der Waals surface area contributed by atoms with E-state index in [9.17, 15) is 13.2 Å². The van der Waals surface area contributed by atoms with Crippen molar-refractivity contribution < 1.29 is 17.9 Å². The van der Waals surface area contributed by atoms with Gasteiger partial charge in [-0.15, -0.1) is 0 Å². The summed E-state index contributed by atoms with van der Waals surface area (Å²) in [6, 6.07) is 6.01. The van der Waals surface area contributed by atoms with Gasteiger partial charge in [0, 0.05) is 31.6 Å². The molecule has 1 amide bonds. The lowest BCUT2D eigenvalue weighted by molar-refractivity contribution is 0.0944. The summed E-state index contributed by atoms with van der Waals surface area (Å²) in [5.74, 6) is -0.276. The highest BCUT2D eigenvalue weighted by molar-refractivity contribution is 7.90. The molecule has 5 nitrogen and oxygen atoms in total. The lowest BCUT2D eigenvalue weighted by Crippen LogP contribution is -2.25. The molecule has 106 valence electrons. The fraction of sp³-hybridized carbons (Fsp3) is 0.462. The van der Waals surface area contributed by atoms with E-state index in [4.69, 9.17) is 4.74 Å². The van der Waals surface area contributed by atoms with Crippen LogP contribution in [-0.2, 0) is 14.6 Å². The van der Waals surface area contributed by atoms with Gasteiger partial charge >= 0.3 is 0 Å². The van der Waals surface area contributed by atoms with Crippen molar-refractivity contribution in [3.8, 4) is 0 Å². The van der Waals surface area contributed by atoms with Crippen LogP contribution in [0.5, 0.6) is 0 Å². The lowest BCUT2D eigenvalue weighted by Gasteiger charge is -2.06. The van der Waals surface area contributed by atoms with Crippen molar-refractivity contribution in [3.63, 3.8) is 0 Å². The van der Waals surface area contributed by atoms with Crippen LogP contribution in [0.2, 0.25) is 0 Å². The van der Waals surface area contributed by atoms with Gasteiger partial charge in [-0.3, -0.25) is 4.79 Å². The van der Waals surface area contributed by atoms with Crippen LogP contribution in [0.3, 0.4) is 0 Å². The van der Waals surface area contributed by atoms with E-state index in [1.807, 2.05) is 6.92 Å². The highest BCUT2D eigenvalue weighted by atomic mass is 32.2. The Morgan fingerprint density at radius 3 is 2.74 bits per heavy atom. The highest BCUT2D eigenvalue weighted by Gasteiger charge is 2.11. The minimum Gasteiger partial charge on any atom is -0.382 e. The number of carbonyl (C=O) groups excluding carboxylic acids is 1. The Morgan fingerprint density at radius 1 is 1.37 bits per heavy atom. The van der Waals surface area contributed by atoms with E-state index in [1.165, 1.54) is 12.1 Å². The molecular weight excluding hydrogens is 266 g/mol. The number of ether oxygens (including phenoxy) is 1. The fourth-order valence-electron chi connectivity index (χ4n) is 1.49. The standard InChI is InChI=1S/C13H19NO4S/c1-3-18-9-5-8-14-13(15)11-6-4-7-12(10-11)19(2,16)17/h4,6-7,10H,3,5,8-9H2,1-2H3,(H,14,15). The molecule has 0 fully saturated rings. The van der Waals surface area contributed by atoms with Gasteiger partial charge in [-0.2, -0.15) is 0 Å². The highest BCUT2D eigenvalue weighted by Crippen LogP contribution is 2.11. The monoisotopic (exact) mass is 285 g/mol. The van der Waals surface area contributed by atoms with Crippen LogP contribution in [0.4, 0.5) is 0 Å². The Balaban J connectivity index is 2.58. The third-order valence-electron chi connectivity index (χ3n) is 2.48. The molecule has 1 N–H and O–H groups in total. The Labute approximate surface area is 113 Å². The molecule has 0 aliphatic carbocycles. The number of carbonyl (C=O) groups is 1. The maximum atomic E-state index is 11.8. The van der Waals surface area contributed by atoms with Gasteiger partial charge in [-0.25, -0.2) is 8.42 Å². The van der Waals surface area contributed by atoms with E-state index in [2.05, 4.69) is 5.32 Å². The minimum atomic E-state index is -3.29. The third kappa shape index (κ3) is 5.40. The molecular formula is C13H19NO4S. The molecule has 0 saturated heterocycles. The number of nitrogens with one attached hydrogen (secondary N) is 1. The van der Waals surface area contributed by atoms with Gasteiger partial charge in [-0.05, 0) is 31.5 Å². The molecule has 0 bridgehead atoms. The second-order valence-corrected chi connectivity index (χ2v) is 6.12. The smallest absolute Gasteiger partial charge is 0.251 e. The molecule has 0 heterocycles. The van der Waals surface area contributed by atoms with E-state index < -0.39 is 9.84 Å². The van der Waals surface area contributed by atoms with Gasteiger partial charge in [0.2, 0.25) is 0 Å². The van der Waals surface area contributed by atoms with Crippen LogP contribution in [0.25, 0.3) is 0 Å². The van der Waals surface area contributed by atoms with Crippen LogP contribution >= 0.6 is 0 Å². The van der Waals surface area contributed by atoms with Crippen molar-refractivity contribution in [2.45, 2.75) is 18.2 Å². The van der Waals surface area contributed by atoms with Crippen LogP contribution in [0.1, 0.15) is 23.7 Å². The van der Waals surface area contributed by atoms with Crippen molar-refractivity contribution in [1.82, 2.24) is 5.32 Å². The third-order valence-corrected chi connectivity index (χ3v) is 3.59. The van der Waals surface area contributed by atoms with Crippen molar-refractivity contribution in [2.24, 2.45) is 0 Å². The molecule has 1 rings (SSSR count). The Bertz CT molecular complexity index is 525. The zero-order chi connectivity index (χ0) is 14.3. The van der Waals surface area contributed by atoms with Crippen molar-refractivity contribution >= 4 is 15.7 Å². The zero-order valence-corrected chi connectivity index (χ0v) is 12.0. The average Bonchev–Trinajstić information content (AvgIpc) is 2.37. The van der Waals surface area contributed by atoms with E-state index in [1.54, 1.807) is 12.1 Å². The number of rotatable bonds is 7. The van der Waals surface area contributed by atoms with Crippen LogP contribution < -0.4 is 5.32 Å². The second kappa shape index (κ2) is 7.25. The molecule has 6 heteroatoms. The molecule has 0 aliphatic heterocycles. The number of amides is 1. The van der Waals surface area contributed by atoms with E-state index in [0.29, 0.717) is 25.3 Å². The largest absolute Gasteiger partial charge is 0.382 e. The molecule has 0 saturated carbocycles. The minimum absolute atomic E-state index is 0.148. The van der Waals surface area contributed by atoms with Crippen molar-refractivity contribution in [1.29, 1.82) is 0 Å². The van der Waals surface area contributed by atoms with Crippen molar-refractivity contribution in [2.75, 3.05) is 26.0 Å². The molecule has 1 aromatic carbocycles. The number of hydrogen-bond donors (Lipinski definition) is 1. The first-order valence-electron chi connectivity index (χ1n) is 6.11.